The third-order valence-corrected chi connectivity index (χ3v) is 2.45. The minimum absolute atomic E-state index is 0.0202. The predicted octanol–water partition coefficient (Wildman–Crippen LogP) is -1.43. The third kappa shape index (κ3) is 5.78. The van der Waals surface area contributed by atoms with Gasteiger partial charge in [-0.1, -0.05) is 0 Å². The van der Waals surface area contributed by atoms with Crippen molar-refractivity contribution in [2.45, 2.75) is 25.2 Å². The number of nitrogens with two attached hydrogens (primary N) is 1. The molecule has 0 unspecified atom stereocenters. The molecule has 1 aromatic rings. The van der Waals surface area contributed by atoms with Crippen LogP contribution in [-0.4, -0.2) is 42.0 Å². The number of rotatable bonds is 2. The van der Waals surface area contributed by atoms with Crippen molar-refractivity contribution >= 4 is 13.6 Å². The minimum Gasteiger partial charge on any atom is -0.394 e. The highest BCUT2D eigenvalue weighted by molar-refractivity contribution is 7.45. The summed E-state index contributed by atoms with van der Waals surface area (Å²) in [5.41, 5.74) is 4.96. The predicted molar refractivity (Wildman–Crippen MR) is 67.4 cm³/mol. The first-order chi connectivity index (χ1) is 9.20. The number of hydrogen-bond acceptors (Lipinski definition) is 6. The maximum Gasteiger partial charge on any atom is 0.466 e. The SMILES string of the molecule is Nc1ccn([C@H]2CC[C@@H](CO)O2)c(=O)n1.O=P(O)(O)O. The van der Waals surface area contributed by atoms with Crippen LogP contribution >= 0.6 is 7.82 Å². The molecule has 0 amide bonds. The topological polar surface area (TPSA) is 168 Å². The molecule has 2 heterocycles. The number of hydrogen-bond donors (Lipinski definition) is 5. The zero-order valence-corrected chi connectivity index (χ0v) is 11.3. The number of phosphoric acid groups is 1. The van der Waals surface area contributed by atoms with Crippen LogP contribution < -0.4 is 11.4 Å². The van der Waals surface area contributed by atoms with Crippen molar-refractivity contribution in [3.05, 3.63) is 22.7 Å². The summed E-state index contributed by atoms with van der Waals surface area (Å²) in [6, 6.07) is 1.55. The van der Waals surface area contributed by atoms with Crippen LogP contribution in [0.2, 0.25) is 0 Å². The van der Waals surface area contributed by atoms with Gasteiger partial charge in [-0.2, -0.15) is 4.98 Å². The van der Waals surface area contributed by atoms with Crippen molar-refractivity contribution in [1.82, 2.24) is 9.55 Å². The summed E-state index contributed by atoms with van der Waals surface area (Å²) >= 11 is 0. The largest absolute Gasteiger partial charge is 0.466 e. The van der Waals surface area contributed by atoms with Crippen LogP contribution in [0.1, 0.15) is 19.1 Å². The molecule has 6 N–H and O–H groups in total. The Kier molecular flexibility index (Phi) is 5.81. The molecular weight excluding hydrogens is 293 g/mol. The van der Waals surface area contributed by atoms with Gasteiger partial charge in [0.25, 0.3) is 0 Å². The van der Waals surface area contributed by atoms with E-state index in [1.807, 2.05) is 0 Å². The molecule has 1 aliphatic rings. The van der Waals surface area contributed by atoms with E-state index in [1.54, 1.807) is 12.3 Å². The Morgan fingerprint density at radius 2 is 2.05 bits per heavy atom. The molecule has 1 aromatic heterocycles. The molecular formula is C9H16N3O7P. The average Bonchev–Trinajstić information content (AvgIpc) is 2.75. The van der Waals surface area contributed by atoms with E-state index in [-0.39, 0.29) is 24.8 Å². The lowest BCUT2D eigenvalue weighted by Gasteiger charge is -2.14. The van der Waals surface area contributed by atoms with E-state index in [0.29, 0.717) is 6.42 Å². The molecule has 11 heteroatoms. The maximum atomic E-state index is 11.5. The molecule has 0 aromatic carbocycles. The summed E-state index contributed by atoms with van der Waals surface area (Å²) < 4.78 is 15.7. The lowest BCUT2D eigenvalue weighted by Crippen LogP contribution is -2.27. The summed E-state index contributed by atoms with van der Waals surface area (Å²) in [6.45, 7) is -0.0202. The van der Waals surface area contributed by atoms with Gasteiger partial charge in [-0.3, -0.25) is 4.57 Å². The van der Waals surface area contributed by atoms with Crippen LogP contribution in [-0.2, 0) is 9.30 Å². The van der Waals surface area contributed by atoms with Crippen molar-refractivity contribution in [2.75, 3.05) is 12.3 Å². The minimum atomic E-state index is -4.64. The van der Waals surface area contributed by atoms with E-state index in [9.17, 15) is 4.79 Å². The first-order valence-electron chi connectivity index (χ1n) is 5.60. The number of ether oxygens (including phenoxy) is 1. The third-order valence-electron chi connectivity index (χ3n) is 2.45. The summed E-state index contributed by atoms with van der Waals surface area (Å²) in [5, 5.41) is 8.90. The second-order valence-electron chi connectivity index (χ2n) is 4.03. The summed E-state index contributed by atoms with van der Waals surface area (Å²) in [7, 11) is -4.64. The molecule has 114 valence electrons. The zero-order chi connectivity index (χ0) is 15.3. The highest BCUT2D eigenvalue weighted by Gasteiger charge is 2.26. The van der Waals surface area contributed by atoms with Crippen LogP contribution in [0.4, 0.5) is 5.82 Å². The molecule has 20 heavy (non-hydrogen) atoms. The fourth-order valence-electron chi connectivity index (χ4n) is 1.67. The van der Waals surface area contributed by atoms with Gasteiger partial charge in [-0.15, -0.1) is 0 Å². The average molecular weight is 309 g/mol. The van der Waals surface area contributed by atoms with Crippen molar-refractivity contribution in [2.24, 2.45) is 0 Å². The molecule has 10 nitrogen and oxygen atoms in total. The van der Waals surface area contributed by atoms with E-state index in [0.717, 1.165) is 6.42 Å². The van der Waals surface area contributed by atoms with Gasteiger partial charge >= 0.3 is 13.5 Å². The number of aromatic nitrogens is 2. The van der Waals surface area contributed by atoms with Crippen LogP contribution in [0.25, 0.3) is 0 Å². The monoisotopic (exact) mass is 309 g/mol. The van der Waals surface area contributed by atoms with Crippen LogP contribution in [0, 0.1) is 0 Å². The van der Waals surface area contributed by atoms with Gasteiger partial charge in [0.05, 0.1) is 12.7 Å². The Morgan fingerprint density at radius 1 is 1.45 bits per heavy atom. The lowest BCUT2D eigenvalue weighted by molar-refractivity contribution is -0.0245. The number of nitrogens with zero attached hydrogens (tertiary/aromatic N) is 2. The van der Waals surface area contributed by atoms with Gasteiger partial charge in [-0.05, 0) is 18.9 Å². The Labute approximate surface area is 113 Å². The standard InChI is InChI=1S/C9H13N3O3.H3O4P/c10-7-3-4-12(9(14)11-7)8-2-1-6(5-13)15-8;1-5(2,3)4/h3-4,6,8,13H,1-2,5H2,(H2,10,11,14);(H3,1,2,3,4)/t6-,8+;/m0./s1. The molecule has 0 spiro atoms. The normalized spacial score (nSPS) is 22.2. The lowest BCUT2D eigenvalue weighted by atomic mass is 10.2. The molecule has 2 atom stereocenters. The van der Waals surface area contributed by atoms with Crippen molar-refractivity contribution < 1.29 is 29.1 Å². The number of aliphatic hydroxyl groups is 1. The zero-order valence-electron chi connectivity index (χ0n) is 10.4. The van der Waals surface area contributed by atoms with Gasteiger partial charge in [-0.25, -0.2) is 9.36 Å². The van der Waals surface area contributed by atoms with Crippen molar-refractivity contribution in [3.63, 3.8) is 0 Å². The summed E-state index contributed by atoms with van der Waals surface area (Å²) in [5.74, 6) is 0.202. The second-order valence-corrected chi connectivity index (χ2v) is 5.05. The Hall–Kier alpha value is -1.29. The molecule has 1 saturated heterocycles. The van der Waals surface area contributed by atoms with Crippen molar-refractivity contribution in [1.29, 1.82) is 0 Å². The van der Waals surface area contributed by atoms with Gasteiger partial charge in [0.2, 0.25) is 0 Å². The molecule has 0 aliphatic carbocycles. The Bertz CT molecular complexity index is 534. The smallest absolute Gasteiger partial charge is 0.394 e. The number of aliphatic hydroxyl groups excluding tert-OH is 1. The summed E-state index contributed by atoms with van der Waals surface area (Å²) in [4.78, 5) is 36.6. The maximum absolute atomic E-state index is 11.5. The second kappa shape index (κ2) is 6.93. The van der Waals surface area contributed by atoms with Gasteiger partial charge in [0.1, 0.15) is 12.0 Å². The molecule has 0 radical (unpaired) electrons. The fraction of sp³-hybridized carbons (Fsp3) is 0.556. The van der Waals surface area contributed by atoms with Crippen LogP contribution in [0.3, 0.4) is 0 Å². The first kappa shape index (κ1) is 16.8. The number of anilines is 1. The first-order valence-corrected chi connectivity index (χ1v) is 7.16. The molecule has 1 aliphatic heterocycles. The van der Waals surface area contributed by atoms with Crippen LogP contribution in [0.5, 0.6) is 0 Å². The summed E-state index contributed by atoms with van der Waals surface area (Å²) in [6.07, 6.45) is 2.51. The van der Waals surface area contributed by atoms with Crippen LogP contribution in [0.15, 0.2) is 17.1 Å². The van der Waals surface area contributed by atoms with E-state index in [4.69, 9.17) is 34.8 Å². The molecule has 2 rings (SSSR count). The Morgan fingerprint density at radius 3 is 2.50 bits per heavy atom. The van der Waals surface area contributed by atoms with E-state index in [2.05, 4.69) is 4.98 Å². The van der Waals surface area contributed by atoms with Gasteiger partial charge < -0.3 is 30.3 Å². The van der Waals surface area contributed by atoms with E-state index in [1.165, 1.54) is 4.57 Å². The molecule has 1 fully saturated rings. The van der Waals surface area contributed by atoms with Gasteiger partial charge in [0.15, 0.2) is 0 Å². The number of nitrogen functional groups attached to an aromatic ring is 1. The van der Waals surface area contributed by atoms with E-state index < -0.39 is 13.5 Å². The van der Waals surface area contributed by atoms with Gasteiger partial charge in [0, 0.05) is 6.20 Å². The molecule has 0 bridgehead atoms. The molecule has 0 saturated carbocycles. The quantitative estimate of drug-likeness (QED) is 0.411. The van der Waals surface area contributed by atoms with E-state index >= 15 is 0 Å². The van der Waals surface area contributed by atoms with Crippen molar-refractivity contribution in [3.8, 4) is 0 Å². The highest BCUT2D eigenvalue weighted by atomic mass is 31.2. The Balaban J connectivity index is 0.000000347. The highest BCUT2D eigenvalue weighted by Crippen LogP contribution is 2.26. The fourth-order valence-corrected chi connectivity index (χ4v) is 1.67.